The van der Waals surface area contributed by atoms with Crippen LogP contribution in [-0.2, 0) is 10.8 Å². The van der Waals surface area contributed by atoms with Crippen LogP contribution < -0.4 is 9.64 Å². The first kappa shape index (κ1) is 27.4. The first-order valence-electron chi connectivity index (χ1n) is 17.9. The Bertz CT molecular complexity index is 2830. The molecule has 0 amide bonds. The lowest BCUT2D eigenvalue weighted by Crippen LogP contribution is -2.33. The van der Waals surface area contributed by atoms with Crippen molar-refractivity contribution in [1.29, 1.82) is 0 Å². The number of hydrogen-bond donors (Lipinski definition) is 0. The molecule has 0 saturated heterocycles. The SMILES string of the molecule is CC12c3ccccc3-c3cccc(c31)N(c1ccc3c(c1)C1(c4ccccc4Oc4c1ccc1ccccc41)c1ccccc1-3)c1ccccc12. The van der Waals surface area contributed by atoms with E-state index in [4.69, 9.17) is 4.74 Å². The molecule has 12 rings (SSSR count). The highest BCUT2D eigenvalue weighted by atomic mass is 16.5. The number of nitrogens with zero attached hydrogens (tertiary/aromatic N) is 1. The molecule has 0 bridgehead atoms. The minimum Gasteiger partial charge on any atom is -0.456 e. The molecule has 2 unspecified atom stereocenters. The Labute approximate surface area is 296 Å². The second-order valence-corrected chi connectivity index (χ2v) is 14.5. The van der Waals surface area contributed by atoms with E-state index in [0.29, 0.717) is 0 Å². The van der Waals surface area contributed by atoms with Gasteiger partial charge in [0.05, 0.1) is 16.8 Å². The van der Waals surface area contributed by atoms with Gasteiger partial charge < -0.3 is 9.64 Å². The normalized spacial score (nSPS) is 19.4. The van der Waals surface area contributed by atoms with Crippen LogP contribution in [0, 0.1) is 0 Å². The minimum absolute atomic E-state index is 0.247. The first-order valence-corrected chi connectivity index (χ1v) is 17.9. The number of ether oxygens (including phenoxy) is 1. The van der Waals surface area contributed by atoms with Gasteiger partial charge in [-0.15, -0.1) is 0 Å². The van der Waals surface area contributed by atoms with Crippen molar-refractivity contribution in [2.45, 2.75) is 17.8 Å². The highest BCUT2D eigenvalue weighted by molar-refractivity contribution is 5.99. The Morgan fingerprint density at radius 3 is 1.98 bits per heavy atom. The monoisotopic (exact) mass is 649 g/mol. The van der Waals surface area contributed by atoms with Gasteiger partial charge in [0.2, 0.25) is 0 Å². The van der Waals surface area contributed by atoms with E-state index in [1.807, 2.05) is 0 Å². The Hall–Kier alpha value is -6.38. The van der Waals surface area contributed by atoms with Gasteiger partial charge in [0.15, 0.2) is 0 Å². The minimum atomic E-state index is -0.561. The predicted octanol–water partition coefficient (Wildman–Crippen LogP) is 12.4. The summed E-state index contributed by atoms with van der Waals surface area (Å²) in [5, 5.41) is 2.31. The molecule has 0 fully saturated rings. The highest BCUT2D eigenvalue weighted by Crippen LogP contribution is 2.65. The lowest BCUT2D eigenvalue weighted by atomic mass is 9.65. The molecule has 2 aliphatic heterocycles. The molecule has 0 saturated carbocycles. The maximum absolute atomic E-state index is 6.91. The van der Waals surface area contributed by atoms with Crippen molar-refractivity contribution in [3.05, 3.63) is 209 Å². The lowest BCUT2D eigenvalue weighted by molar-refractivity contribution is 0.441. The predicted molar refractivity (Wildman–Crippen MR) is 207 cm³/mol. The highest BCUT2D eigenvalue weighted by Gasteiger charge is 2.52. The number of fused-ring (bicyclic) bond motifs is 16. The van der Waals surface area contributed by atoms with E-state index in [-0.39, 0.29) is 5.41 Å². The van der Waals surface area contributed by atoms with Crippen LogP contribution in [0.25, 0.3) is 33.0 Å². The quantitative estimate of drug-likeness (QED) is 0.175. The molecule has 2 heterocycles. The molecule has 4 aliphatic rings. The first-order chi connectivity index (χ1) is 25.2. The van der Waals surface area contributed by atoms with E-state index in [1.54, 1.807) is 0 Å². The van der Waals surface area contributed by atoms with E-state index >= 15 is 0 Å². The summed E-state index contributed by atoms with van der Waals surface area (Å²) in [5.41, 5.74) is 17.1. The molecule has 0 radical (unpaired) electrons. The summed E-state index contributed by atoms with van der Waals surface area (Å²) >= 11 is 0. The number of hydrogen-bond acceptors (Lipinski definition) is 2. The van der Waals surface area contributed by atoms with Crippen LogP contribution in [0.3, 0.4) is 0 Å². The Morgan fingerprint density at radius 1 is 0.451 bits per heavy atom. The summed E-state index contributed by atoms with van der Waals surface area (Å²) < 4.78 is 6.91. The van der Waals surface area contributed by atoms with E-state index in [1.165, 1.54) is 78.0 Å². The van der Waals surface area contributed by atoms with E-state index < -0.39 is 5.41 Å². The van der Waals surface area contributed by atoms with Gasteiger partial charge in [0, 0.05) is 27.6 Å². The number of rotatable bonds is 1. The molecule has 2 nitrogen and oxygen atoms in total. The maximum atomic E-state index is 6.91. The van der Waals surface area contributed by atoms with Gasteiger partial charge in [-0.05, 0) is 92.7 Å². The second kappa shape index (κ2) is 9.44. The second-order valence-electron chi connectivity index (χ2n) is 14.5. The molecule has 2 atom stereocenters. The summed E-state index contributed by atoms with van der Waals surface area (Å²) in [6, 6.07) is 62.9. The van der Waals surface area contributed by atoms with Gasteiger partial charge in [-0.25, -0.2) is 0 Å². The van der Waals surface area contributed by atoms with E-state index in [0.717, 1.165) is 22.6 Å². The van der Waals surface area contributed by atoms with Crippen LogP contribution in [0.5, 0.6) is 11.5 Å². The summed E-state index contributed by atoms with van der Waals surface area (Å²) in [4.78, 5) is 2.52. The zero-order valence-corrected chi connectivity index (χ0v) is 28.0. The Balaban J connectivity index is 1.18. The van der Waals surface area contributed by atoms with Gasteiger partial charge >= 0.3 is 0 Å². The van der Waals surface area contributed by atoms with Crippen LogP contribution in [-0.4, -0.2) is 0 Å². The Kier molecular flexibility index (Phi) is 5.08. The molecule has 2 heteroatoms. The molecule has 0 N–H and O–H groups in total. The average Bonchev–Trinajstić information content (AvgIpc) is 3.63. The lowest BCUT2D eigenvalue weighted by Gasteiger charge is -2.43. The van der Waals surface area contributed by atoms with Crippen molar-refractivity contribution in [3.63, 3.8) is 0 Å². The third-order valence-electron chi connectivity index (χ3n) is 12.3. The third kappa shape index (κ3) is 3.16. The van der Waals surface area contributed by atoms with Gasteiger partial charge in [0.1, 0.15) is 11.5 Å². The van der Waals surface area contributed by atoms with Crippen LogP contribution >= 0.6 is 0 Å². The van der Waals surface area contributed by atoms with Gasteiger partial charge in [-0.2, -0.15) is 0 Å². The fourth-order valence-electron chi connectivity index (χ4n) is 10.3. The van der Waals surface area contributed by atoms with Crippen molar-refractivity contribution in [3.8, 4) is 33.8 Å². The maximum Gasteiger partial charge on any atom is 0.140 e. The standard InChI is InChI=1S/C49H31NO/c1-48-37-18-6-4-16-34(37)36-17-12-23-44(46(36)48)50(43-22-10-8-20-39(43)48)31-26-27-35-33-15-5-7-19-38(33)49(42(35)29-31)40-21-9-11-24-45(40)51-47-32-14-3-2-13-30(32)25-28-41(47)49/h2-29H,1H3. The molecule has 238 valence electrons. The zero-order chi connectivity index (χ0) is 33.5. The summed E-state index contributed by atoms with van der Waals surface area (Å²) in [6.07, 6.45) is 0. The Morgan fingerprint density at radius 2 is 1.10 bits per heavy atom. The fraction of sp³-hybridized carbons (Fsp3) is 0.0612. The van der Waals surface area contributed by atoms with E-state index in [2.05, 4.69) is 182 Å². The summed E-state index contributed by atoms with van der Waals surface area (Å²) in [6.45, 7) is 2.42. The van der Waals surface area contributed by atoms with Crippen LogP contribution in [0.4, 0.5) is 17.1 Å². The van der Waals surface area contributed by atoms with Gasteiger partial charge in [-0.3, -0.25) is 0 Å². The number of anilines is 3. The van der Waals surface area contributed by atoms with Crippen LogP contribution in [0.2, 0.25) is 0 Å². The molecular formula is C49H31NO. The molecule has 51 heavy (non-hydrogen) atoms. The summed E-state index contributed by atoms with van der Waals surface area (Å²) in [7, 11) is 0. The third-order valence-corrected chi connectivity index (χ3v) is 12.3. The molecule has 1 spiro atoms. The van der Waals surface area contributed by atoms with Crippen molar-refractivity contribution in [1.82, 2.24) is 0 Å². The summed E-state index contributed by atoms with van der Waals surface area (Å²) in [5.74, 6) is 1.85. The van der Waals surface area contributed by atoms with E-state index in [9.17, 15) is 0 Å². The molecule has 8 aromatic carbocycles. The molecule has 8 aromatic rings. The average molecular weight is 650 g/mol. The van der Waals surface area contributed by atoms with Crippen LogP contribution in [0.1, 0.15) is 45.9 Å². The molecule has 0 aromatic heterocycles. The van der Waals surface area contributed by atoms with Crippen molar-refractivity contribution >= 4 is 27.8 Å². The molecular weight excluding hydrogens is 619 g/mol. The molecule has 2 aliphatic carbocycles. The number of para-hydroxylation sites is 2. The topological polar surface area (TPSA) is 12.5 Å². The smallest absolute Gasteiger partial charge is 0.140 e. The van der Waals surface area contributed by atoms with Crippen molar-refractivity contribution in [2.24, 2.45) is 0 Å². The zero-order valence-electron chi connectivity index (χ0n) is 28.0. The van der Waals surface area contributed by atoms with Gasteiger partial charge in [0.25, 0.3) is 0 Å². The number of benzene rings is 8. The van der Waals surface area contributed by atoms with Crippen LogP contribution in [0.15, 0.2) is 170 Å². The van der Waals surface area contributed by atoms with Gasteiger partial charge in [-0.1, -0.05) is 140 Å². The largest absolute Gasteiger partial charge is 0.456 e. The van der Waals surface area contributed by atoms with Crippen molar-refractivity contribution in [2.75, 3.05) is 4.90 Å². The fourth-order valence-corrected chi connectivity index (χ4v) is 10.3. The van der Waals surface area contributed by atoms with Crippen molar-refractivity contribution < 1.29 is 4.74 Å².